The first-order chi connectivity index (χ1) is 16.5. The van der Waals surface area contributed by atoms with E-state index in [1.807, 2.05) is 24.3 Å². The minimum Gasteiger partial charge on any atom is -0.502 e. The van der Waals surface area contributed by atoms with Crippen LogP contribution < -0.4 is 11.2 Å². The van der Waals surface area contributed by atoms with Crippen LogP contribution in [0.5, 0.6) is 5.75 Å². The molecule has 0 saturated carbocycles. The van der Waals surface area contributed by atoms with E-state index in [1.165, 1.54) is 23.8 Å². The summed E-state index contributed by atoms with van der Waals surface area (Å²) in [7, 11) is 0. The van der Waals surface area contributed by atoms with Gasteiger partial charge in [-0.1, -0.05) is 18.6 Å². The van der Waals surface area contributed by atoms with Gasteiger partial charge in [-0.3, -0.25) is 14.5 Å². The number of likely N-dealkylation sites (tertiary alicyclic amines) is 1. The fourth-order valence-electron chi connectivity index (χ4n) is 4.36. The fourth-order valence-corrected chi connectivity index (χ4v) is 5.29. The van der Waals surface area contributed by atoms with Gasteiger partial charge in [-0.05, 0) is 50.2 Å². The molecule has 1 fully saturated rings. The molecule has 34 heavy (non-hydrogen) atoms. The minimum atomic E-state index is -0.838. The number of piperidine rings is 1. The van der Waals surface area contributed by atoms with Crippen molar-refractivity contribution >= 4 is 27.5 Å². The molecule has 3 N–H and O–H groups in total. The Labute approximate surface area is 199 Å². The number of benzene rings is 1. The quantitative estimate of drug-likeness (QED) is 0.407. The second-order valence-corrected chi connectivity index (χ2v) is 9.57. The minimum absolute atomic E-state index is 0.0106. The van der Waals surface area contributed by atoms with Crippen LogP contribution in [0, 0.1) is 0 Å². The second-order valence-electron chi connectivity index (χ2n) is 8.54. The van der Waals surface area contributed by atoms with E-state index in [4.69, 9.17) is 14.6 Å². The lowest BCUT2D eigenvalue weighted by Crippen LogP contribution is -2.29. The van der Waals surface area contributed by atoms with Crippen LogP contribution in [0.25, 0.3) is 21.0 Å². The highest BCUT2D eigenvalue weighted by atomic mass is 32.1. The Morgan fingerprint density at radius 2 is 1.94 bits per heavy atom. The molecule has 0 spiro atoms. The lowest BCUT2D eigenvalue weighted by atomic mass is 9.97. The fraction of sp³-hybridized carbons (Fsp3) is 0.320. The average molecular weight is 480 g/mol. The van der Waals surface area contributed by atoms with Crippen LogP contribution in [0.1, 0.15) is 48.9 Å². The maximum absolute atomic E-state index is 12.6. The predicted molar refractivity (Wildman–Crippen MR) is 129 cm³/mol. The van der Waals surface area contributed by atoms with Crippen LogP contribution in [-0.4, -0.2) is 34.0 Å². The molecule has 0 bridgehead atoms. The van der Waals surface area contributed by atoms with Gasteiger partial charge in [-0.2, -0.15) is 0 Å². The lowest BCUT2D eigenvalue weighted by Gasteiger charge is -2.26. The third-order valence-corrected chi connectivity index (χ3v) is 7.08. The molecular weight excluding hydrogens is 454 g/mol. The van der Waals surface area contributed by atoms with Crippen LogP contribution in [0.2, 0.25) is 0 Å². The number of furan rings is 1. The number of fused-ring (bicyclic) bond motifs is 1. The normalized spacial score (nSPS) is 15.5. The zero-order valence-electron chi connectivity index (χ0n) is 18.5. The molecule has 3 aromatic heterocycles. The topological polar surface area (TPSA) is 123 Å². The van der Waals surface area contributed by atoms with E-state index < -0.39 is 23.0 Å². The number of rotatable bonds is 7. The number of hydrogen-bond donors (Lipinski definition) is 2. The zero-order valence-corrected chi connectivity index (χ0v) is 19.3. The van der Waals surface area contributed by atoms with E-state index in [0.717, 1.165) is 36.1 Å². The molecule has 1 aliphatic heterocycles. The van der Waals surface area contributed by atoms with Crippen LogP contribution in [-0.2, 0) is 11.3 Å². The van der Waals surface area contributed by atoms with Gasteiger partial charge in [0, 0.05) is 12.5 Å². The maximum Gasteiger partial charge on any atom is 0.227 e. The summed E-state index contributed by atoms with van der Waals surface area (Å²) >= 11 is 1.49. The smallest absolute Gasteiger partial charge is 0.227 e. The lowest BCUT2D eigenvalue weighted by molar-refractivity contribution is -0.118. The van der Waals surface area contributed by atoms with E-state index in [1.54, 1.807) is 12.1 Å². The summed E-state index contributed by atoms with van der Waals surface area (Å²) in [4.78, 5) is 31.3. The van der Waals surface area contributed by atoms with Crippen molar-refractivity contribution < 1.29 is 18.7 Å². The van der Waals surface area contributed by atoms with Crippen molar-refractivity contribution in [3.8, 4) is 16.5 Å². The summed E-state index contributed by atoms with van der Waals surface area (Å²) in [5, 5.41) is 11.3. The van der Waals surface area contributed by atoms with E-state index in [-0.39, 0.29) is 12.2 Å². The van der Waals surface area contributed by atoms with Crippen LogP contribution >= 0.6 is 11.3 Å². The second kappa shape index (κ2) is 9.44. The molecule has 0 aliphatic carbocycles. The van der Waals surface area contributed by atoms with Crippen molar-refractivity contribution in [3.63, 3.8) is 0 Å². The SMILES string of the molecule is NC(=O)CC(c1ccc(-c2nc3ccccc3s2)o1)c1oc(CN2CCCCC2)cc(=O)c1O. The Kier molecular flexibility index (Phi) is 6.21. The van der Waals surface area contributed by atoms with Gasteiger partial charge in [0.05, 0.1) is 22.7 Å². The number of primary amides is 1. The van der Waals surface area contributed by atoms with E-state index in [0.29, 0.717) is 28.8 Å². The molecule has 1 aromatic carbocycles. The Bertz CT molecular complexity index is 1350. The molecule has 176 valence electrons. The van der Waals surface area contributed by atoms with Gasteiger partial charge in [-0.15, -0.1) is 11.3 Å². The molecule has 4 heterocycles. The summed E-state index contributed by atoms with van der Waals surface area (Å²) in [5.74, 6) is -0.665. The summed E-state index contributed by atoms with van der Waals surface area (Å²) < 4.78 is 13.1. The maximum atomic E-state index is 12.6. The van der Waals surface area contributed by atoms with Crippen molar-refractivity contribution in [1.29, 1.82) is 0 Å². The molecule has 4 aromatic rings. The van der Waals surface area contributed by atoms with Crippen molar-refractivity contribution in [2.24, 2.45) is 5.73 Å². The highest BCUT2D eigenvalue weighted by Gasteiger charge is 2.29. The number of carbonyl (C=O) groups is 1. The number of thiazole rings is 1. The van der Waals surface area contributed by atoms with Gasteiger partial charge in [0.2, 0.25) is 17.1 Å². The van der Waals surface area contributed by atoms with Crippen molar-refractivity contribution in [2.75, 3.05) is 13.1 Å². The zero-order chi connectivity index (χ0) is 23.7. The molecule has 9 heteroatoms. The summed E-state index contributed by atoms with van der Waals surface area (Å²) in [5.41, 5.74) is 5.82. The number of amides is 1. The number of nitrogens with two attached hydrogens (primary N) is 1. The Morgan fingerprint density at radius 1 is 1.15 bits per heavy atom. The van der Waals surface area contributed by atoms with Gasteiger partial charge < -0.3 is 19.7 Å². The molecule has 0 radical (unpaired) electrons. The van der Waals surface area contributed by atoms with Gasteiger partial charge in [0.15, 0.2) is 16.5 Å². The molecule has 1 unspecified atom stereocenters. The number of carbonyl (C=O) groups excluding carboxylic acids is 1. The summed E-state index contributed by atoms with van der Waals surface area (Å²) in [6.45, 7) is 2.31. The number of aromatic nitrogens is 1. The molecule has 1 atom stereocenters. The number of hydrogen-bond acceptors (Lipinski definition) is 8. The molecule has 1 saturated heterocycles. The first kappa shape index (κ1) is 22.4. The van der Waals surface area contributed by atoms with Crippen LogP contribution in [0.4, 0.5) is 0 Å². The van der Waals surface area contributed by atoms with Crippen molar-refractivity contribution in [1.82, 2.24) is 9.88 Å². The van der Waals surface area contributed by atoms with E-state index >= 15 is 0 Å². The van der Waals surface area contributed by atoms with Gasteiger partial charge in [-0.25, -0.2) is 4.98 Å². The Balaban J connectivity index is 1.50. The highest BCUT2D eigenvalue weighted by molar-refractivity contribution is 7.21. The van der Waals surface area contributed by atoms with E-state index in [2.05, 4.69) is 9.88 Å². The van der Waals surface area contributed by atoms with Gasteiger partial charge in [0.25, 0.3) is 0 Å². The first-order valence-corrected chi connectivity index (χ1v) is 12.1. The molecule has 1 amide bonds. The van der Waals surface area contributed by atoms with Crippen molar-refractivity contribution in [2.45, 2.75) is 38.1 Å². The summed E-state index contributed by atoms with van der Waals surface area (Å²) in [6.07, 6.45) is 3.20. The third-order valence-electron chi connectivity index (χ3n) is 6.02. The molecule has 8 nitrogen and oxygen atoms in total. The molecule has 1 aliphatic rings. The number of aromatic hydroxyl groups is 1. The van der Waals surface area contributed by atoms with E-state index in [9.17, 15) is 14.7 Å². The molecule has 5 rings (SSSR count). The Morgan fingerprint density at radius 3 is 2.71 bits per heavy atom. The number of para-hydroxylation sites is 1. The monoisotopic (exact) mass is 479 g/mol. The largest absolute Gasteiger partial charge is 0.502 e. The van der Waals surface area contributed by atoms with Crippen LogP contribution in [0.15, 0.2) is 56.1 Å². The van der Waals surface area contributed by atoms with Crippen molar-refractivity contribution in [3.05, 3.63) is 70.0 Å². The number of nitrogens with zero attached hydrogens (tertiary/aromatic N) is 2. The average Bonchev–Trinajstić information content (AvgIpc) is 3.47. The molecular formula is C25H25N3O5S. The first-order valence-electron chi connectivity index (χ1n) is 11.3. The van der Waals surface area contributed by atoms with Gasteiger partial charge in [0.1, 0.15) is 11.5 Å². The predicted octanol–water partition coefficient (Wildman–Crippen LogP) is 4.21. The van der Waals surface area contributed by atoms with Crippen LogP contribution in [0.3, 0.4) is 0 Å². The standard InChI is InChI=1S/C25H25N3O5S/c26-22(30)13-16(19-8-9-20(33-19)25-27-17-6-2-3-7-21(17)34-25)24-23(31)18(29)12-15(32-24)14-28-10-4-1-5-11-28/h2-3,6-9,12,16,31H,1,4-5,10-11,13-14H2,(H2,26,30). The highest BCUT2D eigenvalue weighted by Crippen LogP contribution is 2.37. The summed E-state index contributed by atoms with van der Waals surface area (Å²) in [6, 6.07) is 12.5. The van der Waals surface area contributed by atoms with Gasteiger partial charge >= 0.3 is 0 Å². The Hall–Kier alpha value is -3.43. The third kappa shape index (κ3) is 4.62.